The lowest BCUT2D eigenvalue weighted by atomic mass is 10.1. The Labute approximate surface area is 90.7 Å². The first kappa shape index (κ1) is 10.6. The molecule has 15 heavy (non-hydrogen) atoms. The molecule has 0 unspecified atom stereocenters. The summed E-state index contributed by atoms with van der Waals surface area (Å²) < 4.78 is 11.2. The molecule has 2 fully saturated rings. The second-order valence-corrected chi connectivity index (χ2v) is 5.57. The molecule has 0 aromatic rings. The molecule has 2 heterocycles. The molecule has 0 spiro atoms. The van der Waals surface area contributed by atoms with Crippen LogP contribution in [0, 0.1) is 0 Å². The van der Waals surface area contributed by atoms with Crippen molar-refractivity contribution in [3.8, 4) is 0 Å². The summed E-state index contributed by atoms with van der Waals surface area (Å²) in [4.78, 5) is 24.2. The van der Waals surface area contributed by atoms with Gasteiger partial charge < -0.3 is 4.90 Å². The molecular weight excluding hydrogens is 216 g/mol. The standard InChI is InChI=1S/C9H14N2O3S/c12-8-1-4-11(9(13)10-8)7-2-5-15(14)6-3-7/h7H,1-6H2,(H,10,12,13). The Morgan fingerprint density at radius 3 is 2.53 bits per heavy atom. The number of imide groups is 1. The van der Waals surface area contributed by atoms with Gasteiger partial charge in [0.15, 0.2) is 0 Å². The average Bonchev–Trinajstić information content (AvgIpc) is 2.20. The van der Waals surface area contributed by atoms with Crippen LogP contribution in [0.5, 0.6) is 0 Å². The Morgan fingerprint density at radius 2 is 1.93 bits per heavy atom. The van der Waals surface area contributed by atoms with E-state index in [1.54, 1.807) is 4.90 Å². The van der Waals surface area contributed by atoms with Crippen molar-refractivity contribution in [1.82, 2.24) is 10.2 Å². The van der Waals surface area contributed by atoms with Crippen LogP contribution in [0.3, 0.4) is 0 Å². The number of hydrogen-bond donors (Lipinski definition) is 1. The molecule has 2 rings (SSSR count). The van der Waals surface area contributed by atoms with Crippen LogP contribution in [0.2, 0.25) is 0 Å². The fraction of sp³-hybridized carbons (Fsp3) is 0.778. The molecule has 2 saturated heterocycles. The number of carbonyl (C=O) groups excluding carboxylic acids is 2. The quantitative estimate of drug-likeness (QED) is 0.680. The fourth-order valence-electron chi connectivity index (χ4n) is 2.02. The zero-order valence-corrected chi connectivity index (χ0v) is 9.22. The third kappa shape index (κ3) is 2.37. The van der Waals surface area contributed by atoms with Crippen molar-refractivity contribution in [3.05, 3.63) is 0 Å². The van der Waals surface area contributed by atoms with Crippen molar-refractivity contribution in [2.45, 2.75) is 25.3 Å². The van der Waals surface area contributed by atoms with Crippen LogP contribution in [-0.4, -0.2) is 45.1 Å². The van der Waals surface area contributed by atoms with Gasteiger partial charge in [-0.2, -0.15) is 0 Å². The van der Waals surface area contributed by atoms with E-state index >= 15 is 0 Å². The lowest BCUT2D eigenvalue weighted by Crippen LogP contribution is -2.54. The molecule has 0 atom stereocenters. The summed E-state index contributed by atoms with van der Waals surface area (Å²) >= 11 is 0. The van der Waals surface area contributed by atoms with Gasteiger partial charge in [-0.3, -0.25) is 14.3 Å². The van der Waals surface area contributed by atoms with E-state index in [1.165, 1.54) is 0 Å². The largest absolute Gasteiger partial charge is 0.324 e. The molecule has 2 aliphatic heterocycles. The lowest BCUT2D eigenvalue weighted by molar-refractivity contribution is -0.121. The van der Waals surface area contributed by atoms with E-state index in [1.807, 2.05) is 0 Å². The molecule has 0 radical (unpaired) electrons. The Balaban J connectivity index is 1.96. The highest BCUT2D eigenvalue weighted by atomic mass is 32.2. The van der Waals surface area contributed by atoms with Crippen LogP contribution in [-0.2, 0) is 15.6 Å². The van der Waals surface area contributed by atoms with E-state index in [0.29, 0.717) is 24.5 Å². The summed E-state index contributed by atoms with van der Waals surface area (Å²) in [6.45, 7) is 0.502. The molecule has 6 heteroatoms. The molecule has 84 valence electrons. The van der Waals surface area contributed by atoms with Gasteiger partial charge in [-0.25, -0.2) is 4.79 Å². The summed E-state index contributed by atoms with van der Waals surface area (Å²) in [7, 11) is -0.709. The summed E-state index contributed by atoms with van der Waals surface area (Å²) in [5.74, 6) is 1.14. The van der Waals surface area contributed by atoms with Crippen molar-refractivity contribution in [1.29, 1.82) is 0 Å². The van der Waals surface area contributed by atoms with E-state index in [9.17, 15) is 13.8 Å². The minimum atomic E-state index is -0.709. The van der Waals surface area contributed by atoms with E-state index in [0.717, 1.165) is 12.8 Å². The molecule has 0 saturated carbocycles. The topological polar surface area (TPSA) is 66.5 Å². The molecule has 2 aliphatic rings. The second kappa shape index (κ2) is 4.30. The number of urea groups is 1. The summed E-state index contributed by atoms with van der Waals surface area (Å²) in [5.41, 5.74) is 0. The maximum absolute atomic E-state index is 11.5. The number of rotatable bonds is 1. The van der Waals surface area contributed by atoms with Gasteiger partial charge in [0.25, 0.3) is 0 Å². The average molecular weight is 230 g/mol. The molecule has 0 aliphatic carbocycles. The third-order valence-electron chi connectivity index (χ3n) is 2.89. The fourth-order valence-corrected chi connectivity index (χ4v) is 3.29. The summed E-state index contributed by atoms with van der Waals surface area (Å²) in [5, 5.41) is 2.31. The highest BCUT2D eigenvalue weighted by Crippen LogP contribution is 2.18. The van der Waals surface area contributed by atoms with E-state index < -0.39 is 10.8 Å². The normalized spacial score (nSPS) is 32.7. The zero-order valence-electron chi connectivity index (χ0n) is 8.40. The van der Waals surface area contributed by atoms with Gasteiger partial charge >= 0.3 is 6.03 Å². The van der Waals surface area contributed by atoms with Gasteiger partial charge in [0.05, 0.1) is 0 Å². The Kier molecular flexibility index (Phi) is 3.04. The number of nitrogens with one attached hydrogen (secondary N) is 1. The number of nitrogens with zero attached hydrogens (tertiary/aromatic N) is 1. The Hall–Kier alpha value is -0.910. The van der Waals surface area contributed by atoms with Crippen LogP contribution < -0.4 is 5.32 Å². The first-order chi connectivity index (χ1) is 7.16. The maximum Gasteiger partial charge on any atom is 0.324 e. The number of hydrogen-bond acceptors (Lipinski definition) is 3. The predicted octanol–water partition coefficient (Wildman–Crippen LogP) is -0.161. The SMILES string of the molecule is O=C1CCN(C2CCS(=O)CC2)C(=O)N1. The van der Waals surface area contributed by atoms with Gasteiger partial charge in [-0.1, -0.05) is 0 Å². The van der Waals surface area contributed by atoms with Crippen LogP contribution in [0.4, 0.5) is 4.79 Å². The first-order valence-corrected chi connectivity index (χ1v) is 6.61. The molecule has 5 nitrogen and oxygen atoms in total. The van der Waals surface area contributed by atoms with E-state index in [-0.39, 0.29) is 18.0 Å². The van der Waals surface area contributed by atoms with Crippen LogP contribution in [0.25, 0.3) is 0 Å². The van der Waals surface area contributed by atoms with Crippen LogP contribution in [0.1, 0.15) is 19.3 Å². The summed E-state index contributed by atoms with van der Waals surface area (Å²) in [6, 6.07) is -0.125. The Bertz CT molecular complexity index is 308. The molecule has 0 aromatic carbocycles. The predicted molar refractivity (Wildman–Crippen MR) is 55.8 cm³/mol. The highest BCUT2D eigenvalue weighted by molar-refractivity contribution is 7.85. The number of carbonyl (C=O) groups is 2. The first-order valence-electron chi connectivity index (χ1n) is 5.12. The van der Waals surface area contributed by atoms with Gasteiger partial charge in [0, 0.05) is 41.3 Å². The lowest BCUT2D eigenvalue weighted by Gasteiger charge is -2.36. The molecule has 3 amide bonds. The van der Waals surface area contributed by atoms with Crippen molar-refractivity contribution >= 4 is 22.7 Å². The molecule has 0 bridgehead atoms. The van der Waals surface area contributed by atoms with Crippen LogP contribution >= 0.6 is 0 Å². The maximum atomic E-state index is 11.5. The Morgan fingerprint density at radius 1 is 1.27 bits per heavy atom. The van der Waals surface area contributed by atoms with Gasteiger partial charge in [0.2, 0.25) is 5.91 Å². The van der Waals surface area contributed by atoms with Crippen LogP contribution in [0.15, 0.2) is 0 Å². The smallest absolute Gasteiger partial charge is 0.321 e. The van der Waals surface area contributed by atoms with Crippen molar-refractivity contribution in [2.24, 2.45) is 0 Å². The number of amides is 3. The minimum Gasteiger partial charge on any atom is -0.321 e. The molecule has 1 N–H and O–H groups in total. The van der Waals surface area contributed by atoms with Gasteiger partial charge in [-0.15, -0.1) is 0 Å². The second-order valence-electron chi connectivity index (χ2n) is 3.88. The highest BCUT2D eigenvalue weighted by Gasteiger charge is 2.31. The van der Waals surface area contributed by atoms with Gasteiger partial charge in [-0.05, 0) is 12.8 Å². The molecular formula is C9H14N2O3S. The monoisotopic (exact) mass is 230 g/mol. The zero-order chi connectivity index (χ0) is 10.8. The van der Waals surface area contributed by atoms with E-state index in [2.05, 4.69) is 5.32 Å². The molecule has 0 aromatic heterocycles. The summed E-state index contributed by atoms with van der Waals surface area (Å²) in [6.07, 6.45) is 1.95. The third-order valence-corrected chi connectivity index (χ3v) is 4.27. The van der Waals surface area contributed by atoms with E-state index in [4.69, 9.17) is 0 Å². The van der Waals surface area contributed by atoms with Gasteiger partial charge in [0.1, 0.15) is 0 Å². The minimum absolute atomic E-state index is 0.163. The van der Waals surface area contributed by atoms with Crippen molar-refractivity contribution in [2.75, 3.05) is 18.1 Å². The van der Waals surface area contributed by atoms with Crippen molar-refractivity contribution in [3.63, 3.8) is 0 Å². The van der Waals surface area contributed by atoms with Crippen molar-refractivity contribution < 1.29 is 13.8 Å².